The number of carbonyl (C=O) groups excluding carboxylic acids is 1. The van der Waals surface area contributed by atoms with E-state index in [1.165, 1.54) is 27.0 Å². The van der Waals surface area contributed by atoms with E-state index in [9.17, 15) is 9.18 Å². The number of hydrogen-bond acceptors (Lipinski definition) is 4. The third kappa shape index (κ3) is 8.25. The highest BCUT2D eigenvalue weighted by molar-refractivity contribution is 6.31. The van der Waals surface area contributed by atoms with E-state index >= 15 is 0 Å². The molecule has 1 unspecified atom stereocenters. The first-order valence-electron chi connectivity index (χ1n) is 13.2. The second-order valence-corrected chi connectivity index (χ2v) is 10.4. The van der Waals surface area contributed by atoms with Crippen molar-refractivity contribution in [3.05, 3.63) is 95.0 Å². The zero-order chi connectivity index (χ0) is 27.7. The molecule has 2 aromatic rings. The number of rotatable bonds is 12. The molecule has 2 heterocycles. The number of nitrogens with one attached hydrogen (secondary N) is 2. The second kappa shape index (κ2) is 14.2. The van der Waals surface area contributed by atoms with Gasteiger partial charge >= 0.3 is 5.97 Å². The van der Waals surface area contributed by atoms with Gasteiger partial charge in [0.1, 0.15) is 36.8 Å². The molecule has 1 saturated heterocycles. The van der Waals surface area contributed by atoms with Crippen LogP contribution in [0.15, 0.2) is 78.3 Å². The molecule has 2 N–H and O–H groups in total. The van der Waals surface area contributed by atoms with E-state index in [4.69, 9.17) is 16.3 Å². The predicted molar refractivity (Wildman–Crippen MR) is 151 cm³/mol. The van der Waals surface area contributed by atoms with Crippen molar-refractivity contribution >= 4 is 23.4 Å². The number of halogens is 2. The summed E-state index contributed by atoms with van der Waals surface area (Å²) in [6.07, 6.45) is 2.74. The third-order valence-corrected chi connectivity index (χ3v) is 7.00. The molecule has 1 aliphatic rings. The van der Waals surface area contributed by atoms with Gasteiger partial charge in [0, 0.05) is 22.4 Å². The Kier molecular flexibility index (Phi) is 11.1. The fourth-order valence-electron chi connectivity index (χ4n) is 4.65. The monoisotopic (exact) mass is 542 g/mol. The fraction of sp³-hybridized carbons (Fsp3) is 0.400. The number of carbonyl (C=O) groups is 1. The van der Waals surface area contributed by atoms with Gasteiger partial charge in [-0.25, -0.2) is 14.2 Å². The molecule has 0 aliphatic carbocycles. The molecule has 1 aliphatic heterocycles. The number of pyridine rings is 1. The van der Waals surface area contributed by atoms with Gasteiger partial charge in [-0.05, 0) is 39.0 Å². The lowest BCUT2D eigenvalue weighted by Crippen LogP contribution is -3.13. The van der Waals surface area contributed by atoms with Gasteiger partial charge in [-0.1, -0.05) is 49.0 Å². The molecule has 0 radical (unpaired) electrons. The van der Waals surface area contributed by atoms with Gasteiger partial charge in [0.25, 0.3) is 0 Å². The number of aromatic nitrogens is 1. The number of anilines is 1. The molecule has 204 valence electrons. The Hall–Kier alpha value is -3.00. The summed E-state index contributed by atoms with van der Waals surface area (Å²) < 4.78 is 19.6. The maximum absolute atomic E-state index is 14.2. The topological polar surface area (TPSA) is 51.3 Å². The van der Waals surface area contributed by atoms with Crippen molar-refractivity contribution in [1.82, 2.24) is 4.98 Å². The van der Waals surface area contributed by atoms with E-state index < -0.39 is 5.83 Å². The summed E-state index contributed by atoms with van der Waals surface area (Å²) in [4.78, 5) is 21.9. The minimum Gasteiger partial charge on any atom is -0.459 e. The summed E-state index contributed by atoms with van der Waals surface area (Å²) in [6.45, 7) is 19.5. The maximum Gasteiger partial charge on any atom is 0.342 e. The molecular formula is C30H40ClFN4O2+2. The molecule has 0 saturated carbocycles. The molecule has 0 spiro atoms. The highest BCUT2D eigenvalue weighted by Crippen LogP contribution is 2.19. The highest BCUT2D eigenvalue weighted by Gasteiger charge is 2.25. The Bertz CT molecular complexity index is 1140. The molecule has 6 nitrogen and oxygen atoms in total. The number of nitrogens with zero attached hydrogens (tertiary/aromatic N) is 2. The van der Waals surface area contributed by atoms with E-state index in [0.717, 1.165) is 45.8 Å². The van der Waals surface area contributed by atoms with Gasteiger partial charge < -0.3 is 19.4 Å². The molecule has 3 rings (SSSR count). The number of likely N-dealkylation sites (N-methyl/N-ethyl adjacent to an activating group) is 1. The lowest BCUT2D eigenvalue weighted by Gasteiger charge is -2.33. The zero-order valence-corrected chi connectivity index (χ0v) is 23.5. The van der Waals surface area contributed by atoms with Gasteiger partial charge in [-0.3, -0.25) is 0 Å². The number of piperazine rings is 1. The molecule has 8 heteroatoms. The molecule has 1 fully saturated rings. The Morgan fingerprint density at radius 2 is 1.89 bits per heavy atom. The normalized spacial score (nSPS) is 15.7. The third-order valence-electron chi connectivity index (χ3n) is 6.77. The smallest absolute Gasteiger partial charge is 0.342 e. The Morgan fingerprint density at radius 3 is 2.47 bits per heavy atom. The van der Waals surface area contributed by atoms with Crippen LogP contribution in [0.2, 0.25) is 0 Å². The van der Waals surface area contributed by atoms with Gasteiger partial charge in [0.15, 0.2) is 0 Å². The van der Waals surface area contributed by atoms with Crippen LogP contribution in [0.25, 0.3) is 0 Å². The minimum atomic E-state index is -0.413. The summed E-state index contributed by atoms with van der Waals surface area (Å²) in [5.41, 5.74) is 3.41. The van der Waals surface area contributed by atoms with Crippen molar-refractivity contribution < 1.29 is 23.7 Å². The van der Waals surface area contributed by atoms with E-state index in [1.54, 1.807) is 18.3 Å². The number of benzene rings is 1. The zero-order valence-electron chi connectivity index (χ0n) is 22.7. The fourth-order valence-corrected chi connectivity index (χ4v) is 4.80. The van der Waals surface area contributed by atoms with Crippen molar-refractivity contribution in [2.45, 2.75) is 40.0 Å². The first-order valence-corrected chi connectivity index (χ1v) is 13.6. The summed E-state index contributed by atoms with van der Waals surface area (Å²) in [5, 5.41) is 0.224. The first kappa shape index (κ1) is 29.6. The van der Waals surface area contributed by atoms with Crippen LogP contribution in [0.3, 0.4) is 0 Å². The predicted octanol–water partition coefficient (Wildman–Crippen LogP) is 3.12. The SMILES string of the molecule is C=C/C(F)=C(/C[NH+](CC)Cc1ccc(C[NH+]2CCN(c3ncccc3C(=O)OC(C)C)CC2)cc1)C(=C)Cl. The average molecular weight is 543 g/mol. The summed E-state index contributed by atoms with van der Waals surface area (Å²) in [5.74, 6) is -0.0375. The van der Waals surface area contributed by atoms with Crippen LogP contribution in [0.5, 0.6) is 0 Å². The summed E-state index contributed by atoms with van der Waals surface area (Å²) in [7, 11) is 0. The molecule has 38 heavy (non-hydrogen) atoms. The van der Waals surface area contributed by atoms with E-state index in [0.29, 0.717) is 23.5 Å². The van der Waals surface area contributed by atoms with Crippen LogP contribution in [-0.4, -0.2) is 56.3 Å². The van der Waals surface area contributed by atoms with Crippen molar-refractivity contribution in [2.75, 3.05) is 44.2 Å². The van der Waals surface area contributed by atoms with Crippen molar-refractivity contribution in [3.63, 3.8) is 0 Å². The van der Waals surface area contributed by atoms with Gasteiger partial charge in [0.05, 0.1) is 44.4 Å². The Balaban J connectivity index is 1.56. The van der Waals surface area contributed by atoms with E-state index in [-0.39, 0.29) is 17.1 Å². The number of ether oxygens (including phenoxy) is 1. The van der Waals surface area contributed by atoms with Crippen LogP contribution in [0.4, 0.5) is 10.2 Å². The summed E-state index contributed by atoms with van der Waals surface area (Å²) >= 11 is 6.04. The van der Waals surface area contributed by atoms with Gasteiger partial charge in [-0.15, -0.1) is 0 Å². The van der Waals surface area contributed by atoms with Crippen LogP contribution in [0, 0.1) is 0 Å². The van der Waals surface area contributed by atoms with Crippen molar-refractivity contribution in [3.8, 4) is 0 Å². The lowest BCUT2D eigenvalue weighted by atomic mass is 10.1. The molecule has 1 aromatic carbocycles. The standard InChI is InChI=1S/C30H38ClFN4O2/c1-6-28(32)27(23(5)31)21-34(7-2)19-24-10-12-25(13-11-24)20-35-15-17-36(18-16-35)29-26(9-8-14-33-29)30(37)38-22(3)4/h6,8-14,22H,1,5,7,15-21H2,2-4H3/p+2/b28-27+. The first-order chi connectivity index (χ1) is 18.2. The number of hydrogen-bond donors (Lipinski definition) is 2. The quantitative estimate of drug-likeness (QED) is 0.320. The Morgan fingerprint density at radius 1 is 1.24 bits per heavy atom. The van der Waals surface area contributed by atoms with Gasteiger partial charge in [-0.2, -0.15) is 0 Å². The highest BCUT2D eigenvalue weighted by atomic mass is 35.5. The molecule has 1 atom stereocenters. The van der Waals surface area contributed by atoms with Crippen molar-refractivity contribution in [2.24, 2.45) is 0 Å². The van der Waals surface area contributed by atoms with E-state index in [1.807, 2.05) is 13.8 Å². The van der Waals surface area contributed by atoms with Crippen molar-refractivity contribution in [1.29, 1.82) is 0 Å². The van der Waals surface area contributed by atoms with Crippen LogP contribution < -0.4 is 14.7 Å². The number of esters is 1. The average Bonchev–Trinajstić information content (AvgIpc) is 2.91. The maximum atomic E-state index is 14.2. The molecule has 0 amide bonds. The Labute approximate surface area is 231 Å². The number of allylic oxidation sites excluding steroid dienone is 2. The van der Waals surface area contributed by atoms with E-state index in [2.05, 4.69) is 54.2 Å². The van der Waals surface area contributed by atoms with Crippen LogP contribution in [-0.2, 0) is 17.8 Å². The largest absolute Gasteiger partial charge is 0.459 e. The summed E-state index contributed by atoms with van der Waals surface area (Å²) in [6, 6.07) is 12.2. The van der Waals surface area contributed by atoms with Crippen LogP contribution in [0.1, 0.15) is 42.3 Å². The number of quaternary nitrogens is 2. The van der Waals surface area contributed by atoms with Gasteiger partial charge in [0.2, 0.25) is 0 Å². The molecule has 1 aromatic heterocycles. The minimum absolute atomic E-state index is 0.171. The molecular weight excluding hydrogens is 503 g/mol. The van der Waals surface area contributed by atoms with Crippen LogP contribution >= 0.6 is 11.6 Å². The second-order valence-electron chi connectivity index (χ2n) is 9.95. The molecule has 0 bridgehead atoms. The lowest BCUT2D eigenvalue weighted by molar-refractivity contribution is -0.914.